The maximum atomic E-state index is 16.5. The summed E-state index contributed by atoms with van der Waals surface area (Å²) < 4.78 is 28.7. The van der Waals surface area contributed by atoms with Gasteiger partial charge in [0, 0.05) is 30.3 Å². The van der Waals surface area contributed by atoms with Gasteiger partial charge in [-0.3, -0.25) is 9.88 Å². The van der Waals surface area contributed by atoms with Crippen molar-refractivity contribution < 1.29 is 13.9 Å². The van der Waals surface area contributed by atoms with Crippen molar-refractivity contribution in [3.8, 4) is 17.3 Å². The maximum absolute atomic E-state index is 16.5. The van der Waals surface area contributed by atoms with E-state index in [0.717, 1.165) is 55.3 Å². The Labute approximate surface area is 227 Å². The molecule has 8 heteroatoms. The predicted octanol–water partition coefficient (Wildman–Crippen LogP) is 5.22. The molecule has 8 rings (SSSR count). The highest BCUT2D eigenvalue weighted by Gasteiger charge is 2.46. The second kappa shape index (κ2) is 9.10. The summed E-state index contributed by atoms with van der Waals surface area (Å²) in [5.74, 6) is 0.757. The molecule has 0 N–H and O–H groups in total. The molecule has 4 aliphatic rings. The molecule has 7 nitrogen and oxygen atoms in total. The Bertz CT molecular complexity index is 1560. The summed E-state index contributed by atoms with van der Waals surface area (Å²) in [6.45, 7) is 4.88. The standard InChI is InChI=1S/C31H32FN5O2/c32-26-27(23-9-3-7-20-6-1-2-8-22(20)23)33-17-24-28(26)34-30(39-19-31-10-4-12-36(31)13-5-11-31)35-29(24)37-14-15-38-18-21-16-25(21)37/h1-3,6-9,17,21,25H,4-5,10-16,18-19H2. The fourth-order valence-corrected chi connectivity index (χ4v) is 7.20. The van der Waals surface area contributed by atoms with Crippen LogP contribution in [0, 0.1) is 11.7 Å². The van der Waals surface area contributed by atoms with Crippen molar-refractivity contribution in [2.75, 3.05) is 44.4 Å². The molecular formula is C31H32FN5O2. The molecule has 0 amide bonds. The van der Waals surface area contributed by atoms with Crippen molar-refractivity contribution in [1.29, 1.82) is 0 Å². The van der Waals surface area contributed by atoms with Crippen LogP contribution in [0.1, 0.15) is 32.1 Å². The highest BCUT2D eigenvalue weighted by atomic mass is 19.1. The Morgan fingerprint density at radius 3 is 2.74 bits per heavy atom. The third kappa shape index (κ3) is 3.87. The van der Waals surface area contributed by atoms with Gasteiger partial charge >= 0.3 is 6.01 Å². The molecule has 2 aromatic heterocycles. The van der Waals surface area contributed by atoms with Gasteiger partial charge in [0.1, 0.15) is 23.6 Å². The number of ether oxygens (including phenoxy) is 2. The molecule has 2 aromatic carbocycles. The van der Waals surface area contributed by atoms with Gasteiger partial charge in [-0.2, -0.15) is 9.97 Å². The summed E-state index contributed by atoms with van der Waals surface area (Å²) >= 11 is 0. The van der Waals surface area contributed by atoms with Gasteiger partial charge in [0.05, 0.1) is 24.1 Å². The molecule has 3 aliphatic heterocycles. The molecular weight excluding hydrogens is 493 g/mol. The molecule has 200 valence electrons. The van der Waals surface area contributed by atoms with Gasteiger partial charge in [-0.05, 0) is 56.0 Å². The lowest BCUT2D eigenvalue weighted by molar-refractivity contribution is 0.108. The Kier molecular flexibility index (Phi) is 5.49. The van der Waals surface area contributed by atoms with Gasteiger partial charge in [-0.25, -0.2) is 4.39 Å². The van der Waals surface area contributed by atoms with E-state index in [1.54, 1.807) is 6.20 Å². The fourth-order valence-electron chi connectivity index (χ4n) is 7.20. The van der Waals surface area contributed by atoms with Crippen molar-refractivity contribution in [3.63, 3.8) is 0 Å². The molecule has 4 fully saturated rings. The van der Waals surface area contributed by atoms with E-state index in [1.165, 1.54) is 12.8 Å². The summed E-state index contributed by atoms with van der Waals surface area (Å²) in [6, 6.07) is 14.5. The van der Waals surface area contributed by atoms with E-state index < -0.39 is 5.82 Å². The van der Waals surface area contributed by atoms with Crippen molar-refractivity contribution in [2.45, 2.75) is 43.7 Å². The number of halogens is 1. The van der Waals surface area contributed by atoms with E-state index in [0.29, 0.717) is 48.6 Å². The highest BCUT2D eigenvalue weighted by Crippen LogP contribution is 2.43. The van der Waals surface area contributed by atoms with Gasteiger partial charge in [-0.15, -0.1) is 0 Å². The van der Waals surface area contributed by atoms with Crippen molar-refractivity contribution >= 4 is 27.5 Å². The summed E-state index contributed by atoms with van der Waals surface area (Å²) in [6.07, 6.45) is 7.45. The van der Waals surface area contributed by atoms with Crippen LogP contribution in [0.5, 0.6) is 6.01 Å². The Balaban J connectivity index is 1.25. The van der Waals surface area contributed by atoms with Gasteiger partial charge in [0.2, 0.25) is 0 Å². The van der Waals surface area contributed by atoms with Crippen LogP contribution >= 0.6 is 0 Å². The Hall–Kier alpha value is -3.36. The molecule has 5 heterocycles. The topological polar surface area (TPSA) is 63.6 Å². The minimum Gasteiger partial charge on any atom is -0.461 e. The maximum Gasteiger partial charge on any atom is 0.319 e. The van der Waals surface area contributed by atoms with Crippen LogP contribution in [0.3, 0.4) is 0 Å². The minimum atomic E-state index is -0.433. The SMILES string of the molecule is Fc1c(-c2cccc3ccccc23)ncc2c(N3CCOCC4CC43)nc(OCC34CCCN3CCC4)nc12. The zero-order chi connectivity index (χ0) is 26.0. The third-order valence-electron chi connectivity index (χ3n) is 9.34. The number of nitrogens with zero attached hydrogens (tertiary/aromatic N) is 5. The average molecular weight is 526 g/mol. The molecule has 0 spiro atoms. The van der Waals surface area contributed by atoms with E-state index in [1.807, 2.05) is 42.5 Å². The van der Waals surface area contributed by atoms with Gasteiger partial charge in [-0.1, -0.05) is 42.5 Å². The van der Waals surface area contributed by atoms with Crippen LogP contribution in [0.25, 0.3) is 32.9 Å². The van der Waals surface area contributed by atoms with Gasteiger partial charge < -0.3 is 14.4 Å². The lowest BCUT2D eigenvalue weighted by atomic mass is 9.95. The lowest BCUT2D eigenvalue weighted by Gasteiger charge is -2.31. The lowest BCUT2D eigenvalue weighted by Crippen LogP contribution is -2.43. The molecule has 3 saturated heterocycles. The molecule has 0 radical (unpaired) electrons. The number of fused-ring (bicyclic) bond motifs is 4. The minimum absolute atomic E-state index is 0.0570. The van der Waals surface area contributed by atoms with Crippen molar-refractivity contribution in [3.05, 3.63) is 54.5 Å². The number of benzene rings is 2. The summed E-state index contributed by atoms with van der Waals surface area (Å²) in [5, 5.41) is 2.63. The summed E-state index contributed by atoms with van der Waals surface area (Å²) in [7, 11) is 0. The molecule has 2 atom stereocenters. The van der Waals surface area contributed by atoms with E-state index in [-0.39, 0.29) is 17.1 Å². The Morgan fingerprint density at radius 2 is 1.85 bits per heavy atom. The third-order valence-corrected chi connectivity index (χ3v) is 9.34. The van der Waals surface area contributed by atoms with Crippen LogP contribution < -0.4 is 9.64 Å². The van der Waals surface area contributed by atoms with Gasteiger partial charge in [0.15, 0.2) is 5.82 Å². The number of pyridine rings is 1. The molecule has 2 unspecified atom stereocenters. The number of aromatic nitrogens is 3. The zero-order valence-electron chi connectivity index (χ0n) is 22.0. The van der Waals surface area contributed by atoms with E-state index in [2.05, 4.69) is 14.8 Å². The molecule has 4 aromatic rings. The first kappa shape index (κ1) is 23.5. The highest BCUT2D eigenvalue weighted by molar-refractivity contribution is 5.99. The first-order valence-corrected chi connectivity index (χ1v) is 14.3. The van der Waals surface area contributed by atoms with Crippen LogP contribution in [0.15, 0.2) is 48.7 Å². The second-order valence-electron chi connectivity index (χ2n) is 11.6. The molecule has 0 bridgehead atoms. The average Bonchev–Trinajstić information content (AvgIpc) is 3.51. The van der Waals surface area contributed by atoms with E-state index in [9.17, 15) is 0 Å². The first-order valence-electron chi connectivity index (χ1n) is 14.3. The number of anilines is 1. The number of rotatable bonds is 5. The quantitative estimate of drug-likeness (QED) is 0.354. The second-order valence-corrected chi connectivity index (χ2v) is 11.6. The van der Waals surface area contributed by atoms with Crippen LogP contribution in [0.2, 0.25) is 0 Å². The number of hydrogen-bond donors (Lipinski definition) is 0. The molecule has 1 saturated carbocycles. The van der Waals surface area contributed by atoms with Crippen LogP contribution in [-0.4, -0.2) is 70.9 Å². The van der Waals surface area contributed by atoms with Crippen LogP contribution in [0.4, 0.5) is 10.2 Å². The van der Waals surface area contributed by atoms with Crippen LogP contribution in [-0.2, 0) is 4.74 Å². The smallest absolute Gasteiger partial charge is 0.319 e. The number of hydrogen-bond acceptors (Lipinski definition) is 7. The predicted molar refractivity (Wildman–Crippen MR) is 149 cm³/mol. The first-order chi connectivity index (χ1) is 19.2. The van der Waals surface area contributed by atoms with Gasteiger partial charge in [0.25, 0.3) is 0 Å². The van der Waals surface area contributed by atoms with Crippen molar-refractivity contribution in [1.82, 2.24) is 19.9 Å². The van der Waals surface area contributed by atoms with Crippen molar-refractivity contribution in [2.24, 2.45) is 5.92 Å². The summed E-state index contributed by atoms with van der Waals surface area (Å²) in [5.41, 5.74) is 1.38. The van der Waals surface area contributed by atoms with E-state index >= 15 is 4.39 Å². The largest absolute Gasteiger partial charge is 0.461 e. The summed E-state index contributed by atoms with van der Waals surface area (Å²) in [4.78, 5) is 19.1. The van der Waals surface area contributed by atoms with E-state index in [4.69, 9.17) is 19.4 Å². The molecule has 1 aliphatic carbocycles. The Morgan fingerprint density at radius 1 is 1.00 bits per heavy atom. The zero-order valence-corrected chi connectivity index (χ0v) is 22.0. The fraction of sp³-hybridized carbons (Fsp3) is 0.452. The molecule has 39 heavy (non-hydrogen) atoms. The monoisotopic (exact) mass is 525 g/mol. The normalized spacial score (nSPS) is 24.1.